The molecule has 1 saturated carbocycles. The van der Waals surface area contributed by atoms with Crippen LogP contribution in [-0.2, 0) is 0 Å². The zero-order chi connectivity index (χ0) is 14.1. The highest BCUT2D eigenvalue weighted by Crippen LogP contribution is 2.34. The molecule has 20 heavy (non-hydrogen) atoms. The molecule has 3 rings (SSSR count). The summed E-state index contributed by atoms with van der Waals surface area (Å²) in [7, 11) is 7.35. The van der Waals surface area contributed by atoms with Gasteiger partial charge in [-0.1, -0.05) is 12.1 Å². The molecule has 2 radical (unpaired) electrons. The maximum absolute atomic E-state index is 12.7. The van der Waals surface area contributed by atoms with Crippen LogP contribution >= 0.6 is 11.3 Å². The van der Waals surface area contributed by atoms with E-state index in [9.17, 15) is 4.79 Å². The van der Waals surface area contributed by atoms with Crippen molar-refractivity contribution in [2.75, 3.05) is 12.0 Å². The number of anilines is 1. The number of carbonyl (C=O) groups is 1. The predicted molar refractivity (Wildman–Crippen MR) is 82.5 cm³/mol. The Hall–Kier alpha value is -1.75. The molecule has 2 aromatic rings. The monoisotopic (exact) mass is 283 g/mol. The van der Waals surface area contributed by atoms with Crippen LogP contribution in [0, 0.1) is 0 Å². The van der Waals surface area contributed by atoms with Crippen LogP contribution < -0.4 is 14.4 Å². The SMILES string of the molecule is [B]c1ccc(C(=O)N(c2cccc(OC)c2)C2CC2)s1. The van der Waals surface area contributed by atoms with E-state index in [2.05, 4.69) is 0 Å². The van der Waals surface area contributed by atoms with E-state index in [1.165, 1.54) is 11.3 Å². The van der Waals surface area contributed by atoms with Crippen LogP contribution in [0.4, 0.5) is 5.69 Å². The minimum absolute atomic E-state index is 0.0162. The molecule has 3 nitrogen and oxygen atoms in total. The Balaban J connectivity index is 1.94. The van der Waals surface area contributed by atoms with E-state index < -0.39 is 0 Å². The zero-order valence-electron chi connectivity index (χ0n) is 11.2. The first kappa shape index (κ1) is 13.2. The number of hydrogen-bond acceptors (Lipinski definition) is 3. The van der Waals surface area contributed by atoms with E-state index >= 15 is 0 Å². The molecule has 0 bridgehead atoms. The number of benzene rings is 1. The van der Waals surface area contributed by atoms with Crippen molar-refractivity contribution < 1.29 is 9.53 Å². The second kappa shape index (κ2) is 5.33. The predicted octanol–water partition coefficient (Wildman–Crippen LogP) is 2.36. The molecule has 1 amide bonds. The topological polar surface area (TPSA) is 29.5 Å². The largest absolute Gasteiger partial charge is 0.497 e. The van der Waals surface area contributed by atoms with Crippen molar-refractivity contribution in [3.05, 3.63) is 41.3 Å². The Morgan fingerprint density at radius 3 is 2.75 bits per heavy atom. The van der Waals surface area contributed by atoms with Gasteiger partial charge in [0.15, 0.2) is 0 Å². The van der Waals surface area contributed by atoms with Gasteiger partial charge in [-0.2, -0.15) is 0 Å². The van der Waals surface area contributed by atoms with E-state index in [1.807, 2.05) is 29.2 Å². The summed E-state index contributed by atoms with van der Waals surface area (Å²) in [5, 5.41) is 0. The van der Waals surface area contributed by atoms with Crippen molar-refractivity contribution in [1.29, 1.82) is 0 Å². The van der Waals surface area contributed by atoms with Gasteiger partial charge in [0.1, 0.15) is 13.6 Å². The van der Waals surface area contributed by atoms with Crippen LogP contribution in [0.2, 0.25) is 0 Å². The molecule has 0 spiro atoms. The van der Waals surface area contributed by atoms with Crippen molar-refractivity contribution >= 4 is 35.6 Å². The molecule has 100 valence electrons. The van der Waals surface area contributed by atoms with Crippen molar-refractivity contribution in [3.63, 3.8) is 0 Å². The lowest BCUT2D eigenvalue weighted by molar-refractivity contribution is 0.0989. The molecule has 1 aliphatic carbocycles. The molecule has 0 unspecified atom stereocenters. The Morgan fingerprint density at radius 2 is 2.15 bits per heavy atom. The first-order valence-electron chi connectivity index (χ1n) is 6.52. The average Bonchev–Trinajstić information content (AvgIpc) is 3.19. The van der Waals surface area contributed by atoms with Gasteiger partial charge in [0.25, 0.3) is 5.91 Å². The van der Waals surface area contributed by atoms with Crippen LogP contribution in [0.1, 0.15) is 22.5 Å². The third kappa shape index (κ3) is 2.58. The summed E-state index contributed by atoms with van der Waals surface area (Å²) in [6.45, 7) is 0. The van der Waals surface area contributed by atoms with E-state index in [-0.39, 0.29) is 11.9 Å². The number of amides is 1. The summed E-state index contributed by atoms with van der Waals surface area (Å²) in [5.74, 6) is 0.772. The number of methoxy groups -OCH3 is 1. The highest BCUT2D eigenvalue weighted by Gasteiger charge is 2.34. The molecular formula is C15H14BNO2S. The lowest BCUT2D eigenvalue weighted by Crippen LogP contribution is -2.32. The Bertz CT molecular complexity index is 636. The number of carbonyl (C=O) groups excluding carboxylic acids is 1. The van der Waals surface area contributed by atoms with Gasteiger partial charge in [0.05, 0.1) is 12.0 Å². The van der Waals surface area contributed by atoms with Crippen LogP contribution in [0.25, 0.3) is 0 Å². The second-order valence-electron chi connectivity index (χ2n) is 4.81. The molecule has 1 aromatic carbocycles. The number of hydrogen-bond donors (Lipinski definition) is 0. The number of thiophene rings is 1. The van der Waals surface area contributed by atoms with Gasteiger partial charge in [-0.15, -0.1) is 11.3 Å². The zero-order valence-corrected chi connectivity index (χ0v) is 12.0. The number of ether oxygens (including phenoxy) is 1. The molecule has 0 atom stereocenters. The van der Waals surface area contributed by atoms with E-state index in [0.29, 0.717) is 9.65 Å². The average molecular weight is 283 g/mol. The first-order chi connectivity index (χ1) is 9.69. The van der Waals surface area contributed by atoms with Gasteiger partial charge >= 0.3 is 0 Å². The fraction of sp³-hybridized carbons (Fsp3) is 0.267. The van der Waals surface area contributed by atoms with Crippen molar-refractivity contribution in [3.8, 4) is 5.75 Å². The highest BCUT2D eigenvalue weighted by atomic mass is 32.1. The van der Waals surface area contributed by atoms with Crippen LogP contribution in [0.5, 0.6) is 5.75 Å². The fourth-order valence-corrected chi connectivity index (χ4v) is 2.89. The normalized spacial score (nSPS) is 14.1. The molecule has 1 aliphatic rings. The molecular weight excluding hydrogens is 269 g/mol. The number of rotatable bonds is 4. The lowest BCUT2D eigenvalue weighted by Gasteiger charge is -2.22. The summed E-state index contributed by atoms with van der Waals surface area (Å²) in [6.07, 6.45) is 2.09. The molecule has 1 heterocycles. The Kier molecular flexibility index (Phi) is 3.53. The molecule has 0 saturated heterocycles. The summed E-state index contributed by atoms with van der Waals surface area (Å²) in [4.78, 5) is 15.2. The van der Waals surface area contributed by atoms with Crippen molar-refractivity contribution in [1.82, 2.24) is 0 Å². The van der Waals surface area contributed by atoms with E-state index in [0.717, 1.165) is 24.3 Å². The third-order valence-corrected chi connectivity index (χ3v) is 4.20. The minimum Gasteiger partial charge on any atom is -0.497 e. The second-order valence-corrected chi connectivity index (χ2v) is 5.93. The van der Waals surface area contributed by atoms with Crippen LogP contribution in [0.15, 0.2) is 36.4 Å². The van der Waals surface area contributed by atoms with Crippen LogP contribution in [-0.4, -0.2) is 26.9 Å². The van der Waals surface area contributed by atoms with Gasteiger partial charge in [-0.05, 0) is 35.8 Å². The summed E-state index contributed by atoms with van der Waals surface area (Å²) in [6, 6.07) is 11.5. The third-order valence-electron chi connectivity index (χ3n) is 3.30. The summed E-state index contributed by atoms with van der Waals surface area (Å²) < 4.78 is 5.90. The van der Waals surface area contributed by atoms with E-state index in [4.69, 9.17) is 12.6 Å². The summed E-state index contributed by atoms with van der Waals surface area (Å²) in [5.41, 5.74) is 0.879. The molecule has 1 aromatic heterocycles. The standard InChI is InChI=1S/C15H14BNO2S/c1-19-12-4-2-3-11(9-12)17(10-5-6-10)15(18)13-7-8-14(16)20-13/h2-4,7-10H,5-6H2,1H3. The first-order valence-corrected chi connectivity index (χ1v) is 7.33. The van der Waals surface area contributed by atoms with Crippen molar-refractivity contribution in [2.24, 2.45) is 0 Å². The van der Waals surface area contributed by atoms with Gasteiger partial charge in [-0.3, -0.25) is 4.79 Å². The maximum atomic E-state index is 12.7. The number of nitrogens with zero attached hydrogens (tertiary/aromatic N) is 1. The quantitative estimate of drug-likeness (QED) is 0.806. The van der Waals surface area contributed by atoms with Gasteiger partial charge in [-0.25, -0.2) is 0 Å². The highest BCUT2D eigenvalue weighted by molar-refractivity contribution is 7.21. The molecule has 0 aliphatic heterocycles. The Labute approximate surface area is 123 Å². The Morgan fingerprint density at radius 1 is 1.35 bits per heavy atom. The van der Waals surface area contributed by atoms with Gasteiger partial charge in [0, 0.05) is 17.8 Å². The van der Waals surface area contributed by atoms with Gasteiger partial charge < -0.3 is 9.64 Å². The van der Waals surface area contributed by atoms with E-state index in [1.54, 1.807) is 19.2 Å². The minimum atomic E-state index is 0.0162. The van der Waals surface area contributed by atoms with Crippen molar-refractivity contribution in [2.45, 2.75) is 18.9 Å². The summed E-state index contributed by atoms with van der Waals surface area (Å²) >= 11 is 1.33. The van der Waals surface area contributed by atoms with Gasteiger partial charge in [0.2, 0.25) is 0 Å². The molecule has 5 heteroatoms. The molecule has 0 N–H and O–H groups in total. The maximum Gasteiger partial charge on any atom is 0.268 e. The smallest absolute Gasteiger partial charge is 0.268 e. The molecule has 1 fully saturated rings. The fourth-order valence-electron chi connectivity index (χ4n) is 2.17. The van der Waals surface area contributed by atoms with Crippen LogP contribution in [0.3, 0.4) is 0 Å². The lowest BCUT2D eigenvalue weighted by atomic mass is 10.1.